The van der Waals surface area contributed by atoms with E-state index in [2.05, 4.69) is 16.3 Å². The van der Waals surface area contributed by atoms with E-state index in [1.54, 1.807) is 0 Å². The van der Waals surface area contributed by atoms with Crippen molar-refractivity contribution in [2.45, 2.75) is 31.9 Å². The number of aromatic hydroxyl groups is 1. The Hall–Kier alpha value is -1.26. The molecule has 1 aromatic rings. The fourth-order valence-electron chi connectivity index (χ4n) is 3.70. The molecular weight excluding hydrogens is 252 g/mol. The summed E-state index contributed by atoms with van der Waals surface area (Å²) in [6.45, 7) is 3.94. The quantitative estimate of drug-likeness (QED) is 0.789. The lowest BCUT2D eigenvalue weighted by atomic mass is 10.00. The van der Waals surface area contributed by atoms with Crippen molar-refractivity contribution in [3.8, 4) is 5.75 Å². The van der Waals surface area contributed by atoms with Gasteiger partial charge in [-0.2, -0.15) is 0 Å². The third-order valence-electron chi connectivity index (χ3n) is 5.10. The molecule has 2 fully saturated rings. The molecule has 4 nitrogen and oxygen atoms in total. The molecule has 3 N–H and O–H groups in total. The Kier molecular flexibility index (Phi) is 3.61. The summed E-state index contributed by atoms with van der Waals surface area (Å²) in [5, 5.41) is 23.3. The van der Waals surface area contributed by atoms with E-state index in [1.165, 1.54) is 0 Å². The number of phenols is 1. The molecule has 2 aliphatic rings. The van der Waals surface area contributed by atoms with Crippen LogP contribution in [0.1, 0.15) is 31.4 Å². The van der Waals surface area contributed by atoms with E-state index >= 15 is 0 Å². The molecule has 1 saturated heterocycles. The number of aliphatic hydroxyl groups excluding tert-OH is 1. The van der Waals surface area contributed by atoms with Crippen LogP contribution in [0.2, 0.25) is 0 Å². The van der Waals surface area contributed by atoms with Gasteiger partial charge in [-0.15, -0.1) is 0 Å². The Balaban J connectivity index is 1.77. The monoisotopic (exact) mass is 276 g/mol. The van der Waals surface area contributed by atoms with Crippen molar-refractivity contribution in [2.24, 2.45) is 11.8 Å². The molecule has 0 radical (unpaired) electrons. The number of aliphatic hydroxyl groups is 1. The molecule has 1 aliphatic heterocycles. The Bertz CT molecular complexity index is 491. The number of benzene rings is 1. The van der Waals surface area contributed by atoms with Gasteiger partial charge in [-0.3, -0.25) is 0 Å². The SMILES string of the molecule is CNC(C)c1ccc(N2CC3CCC(O)C3C2)cc1O. The van der Waals surface area contributed by atoms with Crippen LogP contribution >= 0.6 is 0 Å². The molecule has 4 unspecified atom stereocenters. The van der Waals surface area contributed by atoms with Gasteiger partial charge in [0.05, 0.1) is 6.10 Å². The Morgan fingerprint density at radius 3 is 2.75 bits per heavy atom. The fourth-order valence-corrected chi connectivity index (χ4v) is 3.70. The summed E-state index contributed by atoms with van der Waals surface area (Å²) >= 11 is 0. The van der Waals surface area contributed by atoms with Crippen molar-refractivity contribution in [1.82, 2.24) is 5.32 Å². The largest absolute Gasteiger partial charge is 0.508 e. The summed E-state index contributed by atoms with van der Waals surface area (Å²) in [5.74, 6) is 1.37. The number of rotatable bonds is 3. The molecule has 0 bridgehead atoms. The lowest BCUT2D eigenvalue weighted by Gasteiger charge is -2.22. The van der Waals surface area contributed by atoms with Gasteiger partial charge in [-0.05, 0) is 38.8 Å². The standard InChI is InChI=1S/C16H24N2O2/c1-10(17-2)13-5-4-12(7-16(13)20)18-8-11-3-6-15(19)14(11)9-18/h4-5,7,10-11,14-15,17,19-20H,3,6,8-9H2,1-2H3. The average Bonchev–Trinajstić information content (AvgIpc) is 3.00. The minimum atomic E-state index is -0.137. The van der Waals surface area contributed by atoms with Crippen molar-refractivity contribution in [3.63, 3.8) is 0 Å². The topological polar surface area (TPSA) is 55.7 Å². The normalized spacial score (nSPS) is 30.6. The summed E-state index contributed by atoms with van der Waals surface area (Å²) in [7, 11) is 1.89. The molecule has 1 aromatic carbocycles. The van der Waals surface area contributed by atoms with Gasteiger partial charge in [0.25, 0.3) is 0 Å². The molecule has 0 amide bonds. The van der Waals surface area contributed by atoms with Gasteiger partial charge in [0.2, 0.25) is 0 Å². The first-order valence-electron chi connectivity index (χ1n) is 7.53. The van der Waals surface area contributed by atoms with Crippen LogP contribution in [0.25, 0.3) is 0 Å². The summed E-state index contributed by atoms with van der Waals surface area (Å²) in [6, 6.07) is 6.08. The van der Waals surface area contributed by atoms with Crippen LogP contribution in [-0.4, -0.2) is 36.5 Å². The molecule has 1 saturated carbocycles. The summed E-state index contributed by atoms with van der Waals surface area (Å²) in [5.41, 5.74) is 1.99. The molecule has 0 spiro atoms. The van der Waals surface area contributed by atoms with Crippen LogP contribution in [0.15, 0.2) is 18.2 Å². The average molecular weight is 276 g/mol. The lowest BCUT2D eigenvalue weighted by Crippen LogP contribution is -2.24. The maximum atomic E-state index is 10.2. The maximum absolute atomic E-state index is 10.2. The van der Waals surface area contributed by atoms with Crippen LogP contribution in [-0.2, 0) is 0 Å². The first-order valence-corrected chi connectivity index (χ1v) is 7.53. The Morgan fingerprint density at radius 2 is 2.10 bits per heavy atom. The highest BCUT2D eigenvalue weighted by Gasteiger charge is 2.41. The second kappa shape index (κ2) is 5.26. The van der Waals surface area contributed by atoms with Gasteiger partial charge in [0, 0.05) is 42.4 Å². The van der Waals surface area contributed by atoms with Crippen LogP contribution in [0.5, 0.6) is 5.75 Å². The molecule has 0 aromatic heterocycles. The zero-order valence-corrected chi connectivity index (χ0v) is 12.2. The van der Waals surface area contributed by atoms with E-state index in [1.807, 2.05) is 26.1 Å². The minimum Gasteiger partial charge on any atom is -0.508 e. The number of nitrogens with one attached hydrogen (secondary N) is 1. The van der Waals surface area contributed by atoms with Crippen molar-refractivity contribution in [2.75, 3.05) is 25.0 Å². The number of phenolic OH excluding ortho intramolecular Hbond substituents is 1. The number of anilines is 1. The van der Waals surface area contributed by atoms with Crippen molar-refractivity contribution < 1.29 is 10.2 Å². The second-order valence-corrected chi connectivity index (χ2v) is 6.23. The minimum absolute atomic E-state index is 0.137. The van der Waals surface area contributed by atoms with Gasteiger partial charge >= 0.3 is 0 Å². The van der Waals surface area contributed by atoms with E-state index in [9.17, 15) is 10.2 Å². The fraction of sp³-hybridized carbons (Fsp3) is 0.625. The van der Waals surface area contributed by atoms with E-state index in [4.69, 9.17) is 0 Å². The predicted octanol–water partition coefficient (Wildman–Crippen LogP) is 1.88. The van der Waals surface area contributed by atoms with Gasteiger partial charge in [-0.25, -0.2) is 0 Å². The number of hydrogen-bond donors (Lipinski definition) is 3. The number of nitrogens with zero attached hydrogens (tertiary/aromatic N) is 1. The van der Waals surface area contributed by atoms with Gasteiger partial charge in [-0.1, -0.05) is 6.07 Å². The van der Waals surface area contributed by atoms with Crippen LogP contribution in [0.4, 0.5) is 5.69 Å². The van der Waals surface area contributed by atoms with Crippen molar-refractivity contribution in [1.29, 1.82) is 0 Å². The van der Waals surface area contributed by atoms with Gasteiger partial charge < -0.3 is 20.4 Å². The Morgan fingerprint density at radius 1 is 1.30 bits per heavy atom. The molecule has 1 heterocycles. The lowest BCUT2D eigenvalue weighted by molar-refractivity contribution is 0.133. The molecule has 110 valence electrons. The van der Waals surface area contributed by atoms with Crippen molar-refractivity contribution in [3.05, 3.63) is 23.8 Å². The van der Waals surface area contributed by atoms with E-state index in [0.717, 1.165) is 37.2 Å². The van der Waals surface area contributed by atoms with Crippen LogP contribution < -0.4 is 10.2 Å². The maximum Gasteiger partial charge on any atom is 0.122 e. The third kappa shape index (κ3) is 2.27. The van der Waals surface area contributed by atoms with Crippen LogP contribution in [0, 0.1) is 11.8 Å². The highest BCUT2D eigenvalue weighted by Crippen LogP contribution is 2.40. The molecular formula is C16H24N2O2. The number of fused-ring (bicyclic) bond motifs is 1. The summed E-state index contributed by atoms with van der Waals surface area (Å²) in [4.78, 5) is 2.30. The summed E-state index contributed by atoms with van der Waals surface area (Å²) in [6.07, 6.45) is 1.94. The third-order valence-corrected chi connectivity index (χ3v) is 5.10. The zero-order valence-electron chi connectivity index (χ0n) is 12.2. The molecule has 3 rings (SSSR count). The zero-order chi connectivity index (χ0) is 14.3. The highest BCUT2D eigenvalue weighted by molar-refractivity contribution is 5.55. The smallest absolute Gasteiger partial charge is 0.122 e. The van der Waals surface area contributed by atoms with Gasteiger partial charge in [0.1, 0.15) is 5.75 Å². The summed E-state index contributed by atoms with van der Waals surface area (Å²) < 4.78 is 0. The van der Waals surface area contributed by atoms with Crippen molar-refractivity contribution >= 4 is 5.69 Å². The van der Waals surface area contributed by atoms with E-state index < -0.39 is 0 Å². The molecule has 4 heteroatoms. The molecule has 1 aliphatic carbocycles. The Labute approximate surface area is 120 Å². The highest BCUT2D eigenvalue weighted by atomic mass is 16.3. The predicted molar refractivity (Wildman–Crippen MR) is 80.0 cm³/mol. The molecule has 20 heavy (non-hydrogen) atoms. The van der Waals surface area contributed by atoms with E-state index in [-0.39, 0.29) is 12.1 Å². The van der Waals surface area contributed by atoms with Crippen LogP contribution in [0.3, 0.4) is 0 Å². The number of hydrogen-bond acceptors (Lipinski definition) is 4. The van der Waals surface area contributed by atoms with Gasteiger partial charge in [0.15, 0.2) is 0 Å². The first kappa shape index (κ1) is 13.7. The van der Waals surface area contributed by atoms with E-state index in [0.29, 0.717) is 17.6 Å². The molecule has 4 atom stereocenters. The first-order chi connectivity index (χ1) is 9.60. The second-order valence-electron chi connectivity index (χ2n) is 6.23.